The summed E-state index contributed by atoms with van der Waals surface area (Å²) in [6.45, 7) is 0. The molecular weight excluding hydrogens is 305 g/mol. The fraction of sp³-hybridized carbons (Fsp3) is 0. The van der Waals surface area contributed by atoms with Crippen molar-refractivity contribution >= 4 is 28.2 Å². The van der Waals surface area contributed by atoms with E-state index in [-0.39, 0.29) is 0 Å². The number of halogens is 1. The number of hydrogen-bond donors (Lipinski definition) is 0. The molecule has 3 heterocycles. The van der Waals surface area contributed by atoms with E-state index in [1.165, 1.54) is 6.33 Å². The molecule has 0 fully saturated rings. The van der Waals surface area contributed by atoms with Crippen molar-refractivity contribution < 1.29 is 0 Å². The van der Waals surface area contributed by atoms with Gasteiger partial charge in [-0.2, -0.15) is 5.10 Å². The number of aromatic nitrogens is 5. The van der Waals surface area contributed by atoms with Gasteiger partial charge < -0.3 is 0 Å². The van der Waals surface area contributed by atoms with Gasteiger partial charge in [-0.25, -0.2) is 14.6 Å². The van der Waals surface area contributed by atoms with Gasteiger partial charge >= 0.3 is 0 Å². The van der Waals surface area contributed by atoms with Gasteiger partial charge in [-0.15, -0.1) is 0 Å². The van der Waals surface area contributed by atoms with E-state index in [9.17, 15) is 0 Å². The van der Waals surface area contributed by atoms with E-state index >= 15 is 0 Å². The maximum atomic E-state index is 4.28. The third-order valence-electron chi connectivity index (χ3n) is 2.13. The number of nitrogens with zero attached hydrogens (tertiary/aromatic N) is 5. The van der Waals surface area contributed by atoms with Gasteiger partial charge in [0.15, 0.2) is 0 Å². The monoisotopic (exact) mass is 311 g/mol. The van der Waals surface area contributed by atoms with E-state index in [4.69, 9.17) is 0 Å². The van der Waals surface area contributed by atoms with Crippen LogP contribution in [0.2, 0.25) is 0 Å². The second kappa shape index (κ2) is 3.30. The molecule has 0 saturated heterocycles. The van der Waals surface area contributed by atoms with Gasteiger partial charge in [0.25, 0.3) is 0 Å². The predicted octanol–water partition coefficient (Wildman–Crippen LogP) is 1.52. The molecule has 0 aliphatic rings. The van der Waals surface area contributed by atoms with Gasteiger partial charge in [-0.3, -0.25) is 4.40 Å². The van der Waals surface area contributed by atoms with Gasteiger partial charge in [-0.05, 0) is 28.7 Å². The molecular formula is C9H6IN5. The van der Waals surface area contributed by atoms with E-state index in [2.05, 4.69) is 37.7 Å². The van der Waals surface area contributed by atoms with Gasteiger partial charge in [0, 0.05) is 12.3 Å². The second-order valence-corrected chi connectivity index (χ2v) is 4.14. The first-order valence-corrected chi connectivity index (χ1v) is 5.40. The van der Waals surface area contributed by atoms with Crippen LogP contribution >= 0.6 is 22.6 Å². The molecule has 0 aliphatic heterocycles. The number of pyridine rings is 1. The minimum Gasteiger partial charge on any atom is -0.295 e. The zero-order valence-electron chi connectivity index (χ0n) is 7.58. The lowest BCUT2D eigenvalue weighted by atomic mass is 10.4. The normalized spacial score (nSPS) is 11.0. The lowest BCUT2D eigenvalue weighted by Crippen LogP contribution is -1.96. The molecule has 0 unspecified atom stereocenters. The average Bonchev–Trinajstić information content (AvgIpc) is 2.88. The summed E-state index contributed by atoms with van der Waals surface area (Å²) >= 11 is 2.24. The van der Waals surface area contributed by atoms with Gasteiger partial charge in [0.2, 0.25) is 0 Å². The highest BCUT2D eigenvalue weighted by molar-refractivity contribution is 14.1. The molecule has 3 aromatic heterocycles. The standard InChI is InChI=1S/C9H6IN5/c10-8-4-12-9-3-7(1-2-14(8)9)15-6-11-5-13-15/h1-6H. The zero-order chi connectivity index (χ0) is 10.3. The van der Waals surface area contributed by atoms with E-state index < -0.39 is 0 Å². The third-order valence-corrected chi connectivity index (χ3v) is 2.93. The van der Waals surface area contributed by atoms with Gasteiger partial charge in [0.05, 0.1) is 11.9 Å². The molecule has 0 saturated carbocycles. The van der Waals surface area contributed by atoms with Crippen LogP contribution in [0, 0.1) is 3.70 Å². The molecule has 0 N–H and O–H groups in total. The van der Waals surface area contributed by atoms with Gasteiger partial charge in [0.1, 0.15) is 22.0 Å². The number of rotatable bonds is 1. The Labute approximate surface area is 98.9 Å². The lowest BCUT2D eigenvalue weighted by molar-refractivity contribution is 0.875. The SMILES string of the molecule is Ic1cnc2cc(-n3cncn3)ccn12. The van der Waals surface area contributed by atoms with Gasteiger partial charge in [-0.1, -0.05) is 0 Å². The highest BCUT2D eigenvalue weighted by Crippen LogP contribution is 2.13. The van der Waals surface area contributed by atoms with Crippen LogP contribution in [0.25, 0.3) is 11.3 Å². The van der Waals surface area contributed by atoms with Crippen LogP contribution in [0.1, 0.15) is 0 Å². The Kier molecular flexibility index (Phi) is 1.94. The summed E-state index contributed by atoms with van der Waals surface area (Å²) in [6, 6.07) is 3.95. The average molecular weight is 311 g/mol. The number of hydrogen-bond acceptors (Lipinski definition) is 3. The summed E-state index contributed by atoms with van der Waals surface area (Å²) in [7, 11) is 0. The van der Waals surface area contributed by atoms with Crippen LogP contribution in [0.5, 0.6) is 0 Å². The fourth-order valence-electron chi connectivity index (χ4n) is 1.42. The minimum absolute atomic E-state index is 0.910. The zero-order valence-corrected chi connectivity index (χ0v) is 9.74. The van der Waals surface area contributed by atoms with Crippen molar-refractivity contribution in [3.05, 3.63) is 40.9 Å². The van der Waals surface area contributed by atoms with Crippen LogP contribution in [0.3, 0.4) is 0 Å². The highest BCUT2D eigenvalue weighted by atomic mass is 127. The van der Waals surface area contributed by atoms with Crippen molar-refractivity contribution in [2.75, 3.05) is 0 Å². The van der Waals surface area contributed by atoms with Crippen LogP contribution in [-0.2, 0) is 0 Å². The van der Waals surface area contributed by atoms with Crippen LogP contribution in [-0.4, -0.2) is 24.1 Å². The smallest absolute Gasteiger partial charge is 0.139 e. The van der Waals surface area contributed by atoms with E-state index in [1.807, 2.05) is 28.9 Å². The second-order valence-electron chi connectivity index (χ2n) is 3.03. The Hall–Kier alpha value is -1.44. The molecule has 0 amide bonds. The first-order valence-electron chi connectivity index (χ1n) is 4.32. The molecule has 5 nitrogen and oxygen atoms in total. The maximum absolute atomic E-state index is 4.28. The Morgan fingerprint density at radius 3 is 3.07 bits per heavy atom. The van der Waals surface area contributed by atoms with Crippen molar-refractivity contribution in [1.29, 1.82) is 0 Å². The quantitative estimate of drug-likeness (QED) is 0.640. The van der Waals surface area contributed by atoms with E-state index in [1.54, 1.807) is 11.0 Å². The Balaban J connectivity index is 2.23. The van der Waals surface area contributed by atoms with Crippen LogP contribution < -0.4 is 0 Å². The first-order chi connectivity index (χ1) is 7.34. The fourth-order valence-corrected chi connectivity index (χ4v) is 1.97. The molecule has 15 heavy (non-hydrogen) atoms. The topological polar surface area (TPSA) is 48.0 Å². The molecule has 0 spiro atoms. The Morgan fingerprint density at radius 1 is 1.33 bits per heavy atom. The molecule has 0 atom stereocenters. The molecule has 0 aliphatic carbocycles. The molecule has 3 rings (SSSR count). The Morgan fingerprint density at radius 2 is 2.27 bits per heavy atom. The summed E-state index contributed by atoms with van der Waals surface area (Å²) in [4.78, 5) is 8.19. The largest absolute Gasteiger partial charge is 0.295 e. The van der Waals surface area contributed by atoms with Crippen molar-refractivity contribution in [1.82, 2.24) is 24.1 Å². The molecule has 3 aromatic rings. The van der Waals surface area contributed by atoms with Crippen LogP contribution in [0.4, 0.5) is 0 Å². The predicted molar refractivity (Wildman–Crippen MR) is 62.8 cm³/mol. The molecule has 0 radical (unpaired) electrons. The lowest BCUT2D eigenvalue weighted by Gasteiger charge is -2.00. The summed E-state index contributed by atoms with van der Waals surface area (Å²) in [5, 5.41) is 4.07. The Bertz CT molecular complexity index is 598. The van der Waals surface area contributed by atoms with Crippen molar-refractivity contribution in [2.45, 2.75) is 0 Å². The van der Waals surface area contributed by atoms with E-state index in [0.717, 1.165) is 15.0 Å². The highest BCUT2D eigenvalue weighted by Gasteiger charge is 2.02. The molecule has 0 aromatic carbocycles. The molecule has 6 heteroatoms. The summed E-state index contributed by atoms with van der Waals surface area (Å²) < 4.78 is 4.82. The summed E-state index contributed by atoms with van der Waals surface area (Å²) in [5.74, 6) is 0. The number of fused-ring (bicyclic) bond motifs is 1. The number of imidazole rings is 1. The van der Waals surface area contributed by atoms with Crippen molar-refractivity contribution in [2.24, 2.45) is 0 Å². The molecule has 74 valence electrons. The van der Waals surface area contributed by atoms with Crippen LogP contribution in [0.15, 0.2) is 37.2 Å². The third kappa shape index (κ3) is 1.41. The minimum atomic E-state index is 0.910. The summed E-state index contributed by atoms with van der Waals surface area (Å²) in [6.07, 6.45) is 6.99. The van der Waals surface area contributed by atoms with Crippen molar-refractivity contribution in [3.63, 3.8) is 0 Å². The molecule has 0 bridgehead atoms. The summed E-state index contributed by atoms with van der Waals surface area (Å²) in [5.41, 5.74) is 1.87. The van der Waals surface area contributed by atoms with E-state index in [0.29, 0.717) is 0 Å². The maximum Gasteiger partial charge on any atom is 0.139 e. The van der Waals surface area contributed by atoms with Crippen molar-refractivity contribution in [3.8, 4) is 5.69 Å². The first kappa shape index (κ1) is 8.84.